The molecule has 0 radical (unpaired) electrons. The van der Waals surface area contributed by atoms with Gasteiger partial charge < -0.3 is 10.2 Å². The first-order chi connectivity index (χ1) is 7.19. The fraction of sp³-hybridized carbons (Fsp3) is 0.364. The number of nitrogens with one attached hydrogen (secondary N) is 1. The van der Waals surface area contributed by atoms with Gasteiger partial charge in [0.05, 0.1) is 5.56 Å². The number of nitriles is 1. The van der Waals surface area contributed by atoms with Gasteiger partial charge in [-0.25, -0.2) is 0 Å². The molecule has 0 spiro atoms. The molecule has 1 rings (SSSR count). The highest BCUT2D eigenvalue weighted by atomic mass is 79.9. The quantitative estimate of drug-likeness (QED) is 0.907. The van der Waals surface area contributed by atoms with Crippen LogP contribution in [0.15, 0.2) is 22.7 Å². The van der Waals surface area contributed by atoms with Crippen LogP contribution in [-0.4, -0.2) is 27.2 Å². The van der Waals surface area contributed by atoms with Gasteiger partial charge >= 0.3 is 0 Å². The molecule has 0 saturated carbocycles. The Kier molecular flexibility index (Phi) is 4.60. The molecule has 4 heteroatoms. The summed E-state index contributed by atoms with van der Waals surface area (Å²) in [5.74, 6) is 0. The summed E-state index contributed by atoms with van der Waals surface area (Å²) in [5, 5.41) is 11.9. The van der Waals surface area contributed by atoms with Gasteiger partial charge in [0.25, 0.3) is 0 Å². The van der Waals surface area contributed by atoms with Crippen LogP contribution in [0, 0.1) is 11.3 Å². The van der Waals surface area contributed by atoms with E-state index in [2.05, 4.69) is 32.2 Å². The summed E-state index contributed by atoms with van der Waals surface area (Å²) in [5.41, 5.74) is 1.77. The van der Waals surface area contributed by atoms with E-state index in [4.69, 9.17) is 5.26 Å². The maximum Gasteiger partial charge on any atom is 0.100 e. The monoisotopic (exact) mass is 267 g/mol. The largest absolute Gasteiger partial charge is 0.373 e. The first-order valence-corrected chi connectivity index (χ1v) is 5.53. The minimum Gasteiger partial charge on any atom is -0.373 e. The Labute approximate surface area is 98.8 Å². The predicted molar refractivity (Wildman–Crippen MR) is 66.1 cm³/mol. The van der Waals surface area contributed by atoms with Gasteiger partial charge in [0.15, 0.2) is 0 Å². The molecule has 1 aromatic rings. The lowest BCUT2D eigenvalue weighted by Crippen LogP contribution is -2.26. The Bertz CT molecular complexity index is 371. The number of hydrogen-bond donors (Lipinski definition) is 1. The molecule has 0 unspecified atom stereocenters. The van der Waals surface area contributed by atoms with Crippen molar-refractivity contribution in [1.82, 2.24) is 5.32 Å². The molecule has 1 N–H and O–H groups in total. The topological polar surface area (TPSA) is 39.1 Å². The predicted octanol–water partition coefficient (Wildman–Crippen LogP) is 1.98. The van der Waals surface area contributed by atoms with E-state index in [0.717, 1.165) is 23.2 Å². The normalized spacial score (nSPS) is 9.73. The van der Waals surface area contributed by atoms with E-state index < -0.39 is 0 Å². The molecule has 80 valence electrons. The smallest absolute Gasteiger partial charge is 0.100 e. The second kappa shape index (κ2) is 5.74. The fourth-order valence-corrected chi connectivity index (χ4v) is 1.70. The van der Waals surface area contributed by atoms with Crippen LogP contribution in [0.2, 0.25) is 0 Å². The number of anilines is 1. The number of likely N-dealkylation sites (N-methyl/N-ethyl adjacent to an activating group) is 2. The highest BCUT2D eigenvalue weighted by molar-refractivity contribution is 9.10. The van der Waals surface area contributed by atoms with Crippen molar-refractivity contribution in [3.05, 3.63) is 28.2 Å². The molecule has 0 aromatic heterocycles. The zero-order valence-electron chi connectivity index (χ0n) is 8.92. The minimum absolute atomic E-state index is 0.667. The molecule has 0 aliphatic rings. The van der Waals surface area contributed by atoms with E-state index in [1.54, 1.807) is 0 Å². The van der Waals surface area contributed by atoms with Crippen molar-refractivity contribution < 1.29 is 0 Å². The molecular formula is C11H14BrN3. The molecule has 0 heterocycles. The van der Waals surface area contributed by atoms with E-state index in [1.807, 2.05) is 32.3 Å². The van der Waals surface area contributed by atoms with Crippen LogP contribution in [0.25, 0.3) is 0 Å². The molecule has 0 amide bonds. The molecule has 0 atom stereocenters. The summed E-state index contributed by atoms with van der Waals surface area (Å²) in [6, 6.07) is 7.88. The van der Waals surface area contributed by atoms with Crippen molar-refractivity contribution >= 4 is 21.6 Å². The van der Waals surface area contributed by atoms with Gasteiger partial charge in [-0.15, -0.1) is 0 Å². The Morgan fingerprint density at radius 2 is 2.27 bits per heavy atom. The Balaban J connectivity index is 2.79. The molecular weight excluding hydrogens is 254 g/mol. The summed E-state index contributed by atoms with van der Waals surface area (Å²) in [6.45, 7) is 1.88. The van der Waals surface area contributed by atoms with Crippen molar-refractivity contribution in [2.45, 2.75) is 0 Å². The maximum absolute atomic E-state index is 8.79. The Morgan fingerprint density at radius 1 is 1.53 bits per heavy atom. The van der Waals surface area contributed by atoms with Crippen LogP contribution < -0.4 is 10.2 Å². The van der Waals surface area contributed by atoms with Gasteiger partial charge in [0, 0.05) is 30.3 Å². The van der Waals surface area contributed by atoms with Crippen LogP contribution in [0.3, 0.4) is 0 Å². The van der Waals surface area contributed by atoms with Gasteiger partial charge in [0.2, 0.25) is 0 Å². The van der Waals surface area contributed by atoms with Crippen molar-refractivity contribution in [2.75, 3.05) is 32.1 Å². The third kappa shape index (κ3) is 3.22. The highest BCUT2D eigenvalue weighted by Crippen LogP contribution is 2.22. The molecule has 0 aliphatic heterocycles. The summed E-state index contributed by atoms with van der Waals surface area (Å²) < 4.78 is 0.846. The summed E-state index contributed by atoms with van der Waals surface area (Å²) in [4.78, 5) is 2.14. The lowest BCUT2D eigenvalue weighted by atomic mass is 10.2. The lowest BCUT2D eigenvalue weighted by Gasteiger charge is -2.19. The second-order valence-electron chi connectivity index (χ2n) is 3.30. The third-order valence-corrected chi connectivity index (χ3v) is 2.87. The summed E-state index contributed by atoms with van der Waals surface area (Å²) in [6.07, 6.45) is 0. The summed E-state index contributed by atoms with van der Waals surface area (Å²) in [7, 11) is 3.97. The maximum atomic E-state index is 8.79. The first kappa shape index (κ1) is 12.0. The van der Waals surface area contributed by atoms with Crippen molar-refractivity contribution in [3.63, 3.8) is 0 Å². The average Bonchev–Trinajstić information content (AvgIpc) is 2.25. The van der Waals surface area contributed by atoms with Gasteiger partial charge in [-0.05, 0) is 41.2 Å². The molecule has 0 fully saturated rings. The number of halogens is 1. The summed E-state index contributed by atoms with van der Waals surface area (Å²) >= 11 is 3.38. The van der Waals surface area contributed by atoms with E-state index in [-0.39, 0.29) is 0 Å². The Hall–Kier alpha value is -1.05. The van der Waals surface area contributed by atoms with E-state index in [9.17, 15) is 0 Å². The molecule has 0 saturated heterocycles. The molecule has 3 nitrogen and oxygen atoms in total. The number of benzene rings is 1. The van der Waals surface area contributed by atoms with Gasteiger partial charge in [-0.3, -0.25) is 0 Å². The van der Waals surface area contributed by atoms with Gasteiger partial charge in [0.1, 0.15) is 6.07 Å². The molecule has 15 heavy (non-hydrogen) atoms. The standard InChI is InChI=1S/C11H14BrN3/c1-14-5-6-15(2)10-4-3-9(8-13)11(12)7-10/h3-4,7,14H,5-6H2,1-2H3. The second-order valence-corrected chi connectivity index (χ2v) is 4.16. The van der Waals surface area contributed by atoms with Crippen molar-refractivity contribution in [3.8, 4) is 6.07 Å². The third-order valence-electron chi connectivity index (χ3n) is 2.21. The minimum atomic E-state index is 0.667. The Morgan fingerprint density at radius 3 is 2.80 bits per heavy atom. The van der Waals surface area contributed by atoms with Crippen molar-refractivity contribution in [1.29, 1.82) is 5.26 Å². The van der Waals surface area contributed by atoms with E-state index in [1.165, 1.54) is 0 Å². The van der Waals surface area contributed by atoms with Crippen LogP contribution >= 0.6 is 15.9 Å². The van der Waals surface area contributed by atoms with Gasteiger partial charge in [-0.1, -0.05) is 0 Å². The zero-order valence-corrected chi connectivity index (χ0v) is 10.5. The SMILES string of the molecule is CNCCN(C)c1ccc(C#N)c(Br)c1. The highest BCUT2D eigenvalue weighted by Gasteiger charge is 2.03. The fourth-order valence-electron chi connectivity index (χ4n) is 1.24. The van der Waals surface area contributed by atoms with Gasteiger partial charge in [-0.2, -0.15) is 5.26 Å². The molecule has 0 aliphatic carbocycles. The zero-order chi connectivity index (χ0) is 11.3. The van der Waals surface area contributed by atoms with Crippen LogP contribution in [0.1, 0.15) is 5.56 Å². The van der Waals surface area contributed by atoms with Crippen LogP contribution in [0.5, 0.6) is 0 Å². The average molecular weight is 268 g/mol. The van der Waals surface area contributed by atoms with E-state index in [0.29, 0.717) is 5.56 Å². The number of hydrogen-bond acceptors (Lipinski definition) is 3. The first-order valence-electron chi connectivity index (χ1n) is 4.74. The van der Waals surface area contributed by atoms with Crippen LogP contribution in [-0.2, 0) is 0 Å². The number of nitrogens with zero attached hydrogens (tertiary/aromatic N) is 2. The van der Waals surface area contributed by atoms with Crippen molar-refractivity contribution in [2.24, 2.45) is 0 Å². The molecule has 1 aromatic carbocycles. The lowest BCUT2D eigenvalue weighted by molar-refractivity contribution is 0.768. The van der Waals surface area contributed by atoms with E-state index >= 15 is 0 Å². The number of rotatable bonds is 4. The van der Waals surface area contributed by atoms with Crippen LogP contribution in [0.4, 0.5) is 5.69 Å². The molecule has 0 bridgehead atoms.